The van der Waals surface area contributed by atoms with Gasteiger partial charge in [-0.3, -0.25) is 15.0 Å². The highest BCUT2D eigenvalue weighted by Crippen LogP contribution is 2.28. The third-order valence-corrected chi connectivity index (χ3v) is 5.40. The van der Waals surface area contributed by atoms with Crippen LogP contribution in [0.15, 0.2) is 30.3 Å². The first-order chi connectivity index (χ1) is 13.5. The second kappa shape index (κ2) is 7.86. The zero-order valence-electron chi connectivity index (χ0n) is 14.7. The Hall–Kier alpha value is -2.49. The lowest BCUT2D eigenvalue weighted by atomic mass is 10.2. The molecule has 4 rings (SSSR count). The lowest BCUT2D eigenvalue weighted by molar-refractivity contribution is 0.0342. The van der Waals surface area contributed by atoms with Gasteiger partial charge in [0, 0.05) is 19.6 Å². The minimum absolute atomic E-state index is 0.257. The molecule has 5 nitrogen and oxygen atoms in total. The number of aromatic nitrogens is 1. The fourth-order valence-electron chi connectivity index (χ4n) is 3.00. The van der Waals surface area contributed by atoms with Gasteiger partial charge in [-0.25, -0.2) is 18.2 Å². The van der Waals surface area contributed by atoms with E-state index in [0.717, 1.165) is 49.2 Å². The number of hydrogen-bond donors (Lipinski definition) is 1. The van der Waals surface area contributed by atoms with Crippen LogP contribution in [0.25, 0.3) is 10.2 Å². The van der Waals surface area contributed by atoms with Crippen molar-refractivity contribution in [1.29, 1.82) is 0 Å². The number of carbonyl (C=O) groups is 1. The molecule has 1 N–H and O–H groups in total. The van der Waals surface area contributed by atoms with Crippen molar-refractivity contribution in [3.05, 3.63) is 58.9 Å². The quantitative estimate of drug-likeness (QED) is 0.669. The first-order valence-electron chi connectivity index (χ1n) is 8.65. The van der Waals surface area contributed by atoms with Crippen molar-refractivity contribution in [2.75, 3.05) is 31.6 Å². The minimum atomic E-state index is -1.68. The number of nitrogens with zero attached hydrogens (tertiary/aromatic N) is 2. The van der Waals surface area contributed by atoms with Gasteiger partial charge in [0.1, 0.15) is 0 Å². The molecule has 9 heteroatoms. The molecule has 0 spiro atoms. The molecular weight excluding hydrogens is 391 g/mol. The Kier molecular flexibility index (Phi) is 5.29. The third kappa shape index (κ3) is 3.87. The van der Waals surface area contributed by atoms with Gasteiger partial charge in [0.2, 0.25) is 0 Å². The van der Waals surface area contributed by atoms with Crippen LogP contribution in [0.1, 0.15) is 15.9 Å². The molecule has 1 aliphatic heterocycles. The number of hydrogen-bond acceptors (Lipinski definition) is 5. The summed E-state index contributed by atoms with van der Waals surface area (Å²) in [6, 6.07) is 7.43. The number of morpholine rings is 1. The van der Waals surface area contributed by atoms with Crippen molar-refractivity contribution < 1.29 is 22.7 Å². The van der Waals surface area contributed by atoms with Crippen molar-refractivity contribution in [1.82, 2.24) is 9.88 Å². The first kappa shape index (κ1) is 18.9. The average molecular weight is 407 g/mol. The van der Waals surface area contributed by atoms with E-state index in [4.69, 9.17) is 4.74 Å². The van der Waals surface area contributed by atoms with Crippen LogP contribution in [0.3, 0.4) is 0 Å². The van der Waals surface area contributed by atoms with Crippen LogP contribution in [0.5, 0.6) is 0 Å². The first-order valence-corrected chi connectivity index (χ1v) is 9.47. The van der Waals surface area contributed by atoms with E-state index in [9.17, 15) is 18.0 Å². The Labute approximate surface area is 162 Å². The fourth-order valence-corrected chi connectivity index (χ4v) is 3.93. The van der Waals surface area contributed by atoms with Gasteiger partial charge in [-0.2, -0.15) is 0 Å². The molecule has 0 atom stereocenters. The maximum Gasteiger partial charge on any atom is 0.260 e. The largest absolute Gasteiger partial charge is 0.379 e. The number of carbonyl (C=O) groups excluding carboxylic acids is 1. The van der Waals surface area contributed by atoms with E-state index >= 15 is 0 Å². The van der Waals surface area contributed by atoms with Crippen LogP contribution in [-0.2, 0) is 11.3 Å². The van der Waals surface area contributed by atoms with Crippen molar-refractivity contribution in [2.24, 2.45) is 0 Å². The van der Waals surface area contributed by atoms with E-state index in [1.54, 1.807) is 0 Å². The van der Waals surface area contributed by atoms with Gasteiger partial charge < -0.3 is 4.74 Å². The molecule has 28 heavy (non-hydrogen) atoms. The van der Waals surface area contributed by atoms with Gasteiger partial charge in [-0.15, -0.1) is 0 Å². The van der Waals surface area contributed by atoms with Gasteiger partial charge in [0.05, 0.1) is 29.0 Å². The number of halogens is 3. The number of rotatable bonds is 4. The molecule has 0 unspecified atom stereocenters. The number of nitrogens with one attached hydrogen (secondary N) is 1. The van der Waals surface area contributed by atoms with Gasteiger partial charge in [0.25, 0.3) is 5.91 Å². The number of benzene rings is 2. The highest BCUT2D eigenvalue weighted by atomic mass is 32.1. The summed E-state index contributed by atoms with van der Waals surface area (Å²) in [5.74, 6) is -5.43. The van der Waals surface area contributed by atoms with E-state index in [0.29, 0.717) is 11.6 Å². The molecule has 2 aromatic carbocycles. The van der Waals surface area contributed by atoms with Crippen molar-refractivity contribution >= 4 is 32.6 Å². The monoisotopic (exact) mass is 407 g/mol. The summed E-state index contributed by atoms with van der Waals surface area (Å²) in [4.78, 5) is 18.8. The summed E-state index contributed by atoms with van der Waals surface area (Å²) in [5, 5.41) is 2.71. The smallest absolute Gasteiger partial charge is 0.260 e. The van der Waals surface area contributed by atoms with Crippen molar-refractivity contribution in [3.8, 4) is 0 Å². The maximum atomic E-state index is 13.8. The molecule has 1 aromatic heterocycles. The molecule has 3 aromatic rings. The zero-order valence-corrected chi connectivity index (χ0v) is 15.5. The molecule has 146 valence electrons. The summed E-state index contributed by atoms with van der Waals surface area (Å²) in [6.45, 7) is 3.99. The summed E-state index contributed by atoms with van der Waals surface area (Å²) in [5.41, 5.74) is 1.23. The molecule has 1 fully saturated rings. The number of fused-ring (bicyclic) bond motifs is 1. The molecule has 0 saturated carbocycles. The fraction of sp³-hybridized carbons (Fsp3) is 0.263. The highest BCUT2D eigenvalue weighted by molar-refractivity contribution is 7.22. The number of thiazole rings is 1. The van der Waals surface area contributed by atoms with Gasteiger partial charge in [-0.1, -0.05) is 17.4 Å². The molecular formula is C19H16F3N3O2S. The zero-order chi connectivity index (χ0) is 19.7. The Morgan fingerprint density at radius 2 is 1.93 bits per heavy atom. The molecule has 0 aliphatic carbocycles. The molecule has 0 bridgehead atoms. The Morgan fingerprint density at radius 1 is 1.14 bits per heavy atom. The van der Waals surface area contributed by atoms with Crippen LogP contribution in [0.4, 0.5) is 18.3 Å². The minimum Gasteiger partial charge on any atom is -0.379 e. The van der Waals surface area contributed by atoms with Gasteiger partial charge in [0.15, 0.2) is 22.6 Å². The lowest BCUT2D eigenvalue weighted by Crippen LogP contribution is -2.35. The van der Waals surface area contributed by atoms with E-state index in [1.807, 2.05) is 18.2 Å². The molecule has 2 heterocycles. The van der Waals surface area contributed by atoms with E-state index in [1.165, 1.54) is 11.3 Å². The van der Waals surface area contributed by atoms with Crippen LogP contribution < -0.4 is 5.32 Å². The molecule has 1 amide bonds. The van der Waals surface area contributed by atoms with Crippen LogP contribution >= 0.6 is 11.3 Å². The Morgan fingerprint density at radius 3 is 2.71 bits per heavy atom. The molecule has 1 aliphatic rings. The predicted octanol–water partition coefficient (Wildman–Crippen LogP) is 3.80. The van der Waals surface area contributed by atoms with Gasteiger partial charge in [-0.05, 0) is 29.8 Å². The number of amides is 1. The Balaban J connectivity index is 1.51. The van der Waals surface area contributed by atoms with Crippen molar-refractivity contribution in [2.45, 2.75) is 6.54 Å². The Bertz CT molecular complexity index is 1030. The lowest BCUT2D eigenvalue weighted by Gasteiger charge is -2.26. The predicted molar refractivity (Wildman–Crippen MR) is 100.0 cm³/mol. The number of ether oxygens (including phenoxy) is 1. The van der Waals surface area contributed by atoms with Crippen LogP contribution in [0.2, 0.25) is 0 Å². The molecule has 1 saturated heterocycles. The average Bonchev–Trinajstić information content (AvgIpc) is 3.08. The summed E-state index contributed by atoms with van der Waals surface area (Å²) >= 11 is 1.23. The maximum absolute atomic E-state index is 13.8. The summed E-state index contributed by atoms with van der Waals surface area (Å²) < 4.78 is 46.4. The van der Waals surface area contributed by atoms with Crippen molar-refractivity contribution in [3.63, 3.8) is 0 Å². The topological polar surface area (TPSA) is 54.5 Å². The van der Waals surface area contributed by atoms with E-state index in [2.05, 4.69) is 15.2 Å². The highest BCUT2D eigenvalue weighted by Gasteiger charge is 2.20. The van der Waals surface area contributed by atoms with Crippen LogP contribution in [-0.4, -0.2) is 42.1 Å². The second-order valence-electron chi connectivity index (χ2n) is 6.39. The van der Waals surface area contributed by atoms with E-state index in [-0.39, 0.29) is 5.13 Å². The third-order valence-electron chi connectivity index (χ3n) is 4.46. The summed E-state index contributed by atoms with van der Waals surface area (Å²) in [6.07, 6.45) is 0. The standard InChI is InChI=1S/C19H16F3N3O2S/c20-13-3-2-12(16(21)17(13)22)18(26)24-19-23-14-4-1-11(9-15(14)28-19)10-25-5-7-27-8-6-25/h1-4,9H,5-8,10H2,(H,23,24,26). The van der Waals surface area contributed by atoms with Crippen LogP contribution in [0, 0.1) is 17.5 Å². The SMILES string of the molecule is O=C(Nc1nc2ccc(CN3CCOCC3)cc2s1)c1ccc(F)c(F)c1F. The second-order valence-corrected chi connectivity index (χ2v) is 7.42. The summed E-state index contributed by atoms with van der Waals surface area (Å²) in [7, 11) is 0. The number of anilines is 1. The van der Waals surface area contributed by atoms with E-state index < -0.39 is 28.9 Å². The normalized spacial score (nSPS) is 15.1. The van der Waals surface area contributed by atoms with Gasteiger partial charge >= 0.3 is 0 Å². The molecule has 0 radical (unpaired) electrons.